The van der Waals surface area contributed by atoms with Crippen LogP contribution in [0.25, 0.3) is 0 Å². The van der Waals surface area contributed by atoms with Gasteiger partial charge in [0, 0.05) is 13.7 Å². The van der Waals surface area contributed by atoms with Crippen LogP contribution in [0.3, 0.4) is 0 Å². The van der Waals surface area contributed by atoms with Crippen molar-refractivity contribution in [1.29, 1.82) is 0 Å². The molecule has 5 nitrogen and oxygen atoms in total. The van der Waals surface area contributed by atoms with Crippen LogP contribution in [0.4, 0.5) is 0 Å². The zero-order valence-electron chi connectivity index (χ0n) is 15.7. The van der Waals surface area contributed by atoms with E-state index >= 15 is 0 Å². The normalized spacial score (nSPS) is 34.5. The first-order chi connectivity index (χ1) is 12.6. The summed E-state index contributed by atoms with van der Waals surface area (Å²) in [5.74, 6) is 4.03. The molecule has 26 heavy (non-hydrogen) atoms. The van der Waals surface area contributed by atoms with Gasteiger partial charge >= 0.3 is 0 Å². The first-order valence-electron chi connectivity index (χ1n) is 9.72. The Hall–Kier alpha value is -1.75. The van der Waals surface area contributed by atoms with Gasteiger partial charge in [-0.3, -0.25) is 4.79 Å². The lowest BCUT2D eigenvalue weighted by Gasteiger charge is -2.60. The molecule has 0 heterocycles. The largest absolute Gasteiger partial charge is 0.493 e. The number of para-hydroxylation sites is 2. The summed E-state index contributed by atoms with van der Waals surface area (Å²) in [5.41, 5.74) is -0.187. The predicted octanol–water partition coefficient (Wildman–Crippen LogP) is 3.03. The van der Waals surface area contributed by atoms with Crippen LogP contribution in [0, 0.1) is 23.7 Å². The van der Waals surface area contributed by atoms with Crippen LogP contribution >= 0.6 is 0 Å². The average molecular weight is 359 g/mol. The highest BCUT2D eigenvalue weighted by molar-refractivity contribution is 5.77. The van der Waals surface area contributed by atoms with Crippen molar-refractivity contribution in [3.63, 3.8) is 0 Å². The van der Waals surface area contributed by atoms with Crippen LogP contribution in [0.1, 0.15) is 32.1 Å². The summed E-state index contributed by atoms with van der Waals surface area (Å²) in [6, 6.07) is 7.37. The summed E-state index contributed by atoms with van der Waals surface area (Å²) >= 11 is 0. The summed E-state index contributed by atoms with van der Waals surface area (Å²) in [4.78, 5) is 12.4. The second-order valence-electron chi connectivity index (χ2n) is 8.18. The Balaban J connectivity index is 1.35. The SMILES string of the molecule is COc1ccccc1OCC(=O)NCC1(OC)C2CC3CC(C2)CC1C3. The number of methoxy groups -OCH3 is 2. The third-order valence-electron chi connectivity index (χ3n) is 6.89. The zero-order chi connectivity index (χ0) is 18.1. The number of ether oxygens (including phenoxy) is 3. The average Bonchev–Trinajstić information content (AvgIpc) is 2.66. The molecule has 0 atom stereocenters. The zero-order valence-corrected chi connectivity index (χ0v) is 15.7. The Morgan fingerprint density at radius 3 is 2.23 bits per heavy atom. The van der Waals surface area contributed by atoms with Crippen molar-refractivity contribution >= 4 is 5.91 Å². The van der Waals surface area contributed by atoms with Gasteiger partial charge in [-0.05, 0) is 67.9 Å². The van der Waals surface area contributed by atoms with Gasteiger partial charge in [-0.25, -0.2) is 0 Å². The first kappa shape index (κ1) is 17.7. The van der Waals surface area contributed by atoms with Crippen molar-refractivity contribution < 1.29 is 19.0 Å². The Morgan fingerprint density at radius 1 is 1.04 bits per heavy atom. The third-order valence-corrected chi connectivity index (χ3v) is 6.89. The lowest BCUT2D eigenvalue weighted by molar-refractivity contribution is -0.188. The van der Waals surface area contributed by atoms with Crippen LogP contribution in [0.15, 0.2) is 24.3 Å². The Bertz CT molecular complexity index is 631. The van der Waals surface area contributed by atoms with E-state index in [0.29, 0.717) is 29.9 Å². The molecule has 1 amide bonds. The Kier molecular flexibility index (Phi) is 4.82. The molecule has 0 aromatic heterocycles. The number of carbonyl (C=O) groups is 1. The van der Waals surface area contributed by atoms with E-state index in [2.05, 4.69) is 5.32 Å². The number of benzene rings is 1. The lowest BCUT2D eigenvalue weighted by atomic mass is 9.49. The van der Waals surface area contributed by atoms with Crippen LogP contribution in [-0.4, -0.2) is 38.9 Å². The molecule has 1 aromatic rings. The smallest absolute Gasteiger partial charge is 0.258 e. The quantitative estimate of drug-likeness (QED) is 0.813. The summed E-state index contributed by atoms with van der Waals surface area (Å²) in [6.07, 6.45) is 6.44. The molecule has 4 aliphatic carbocycles. The first-order valence-corrected chi connectivity index (χ1v) is 9.72. The van der Waals surface area contributed by atoms with Gasteiger partial charge in [0.05, 0.1) is 12.7 Å². The third kappa shape index (κ3) is 3.07. The molecule has 1 aromatic carbocycles. The number of carbonyl (C=O) groups excluding carboxylic acids is 1. The summed E-state index contributed by atoms with van der Waals surface area (Å²) in [5, 5.41) is 3.08. The van der Waals surface area contributed by atoms with Crippen LogP contribution in [0.5, 0.6) is 11.5 Å². The van der Waals surface area contributed by atoms with E-state index in [-0.39, 0.29) is 18.1 Å². The molecule has 0 saturated heterocycles. The van der Waals surface area contributed by atoms with Crippen molar-refractivity contribution in [2.24, 2.45) is 23.7 Å². The molecule has 4 fully saturated rings. The lowest BCUT2D eigenvalue weighted by Crippen LogP contribution is -2.63. The molecule has 5 heteroatoms. The Morgan fingerprint density at radius 2 is 1.65 bits per heavy atom. The molecule has 4 bridgehead atoms. The number of hydrogen-bond acceptors (Lipinski definition) is 4. The summed E-state index contributed by atoms with van der Waals surface area (Å²) in [7, 11) is 3.41. The molecule has 4 saturated carbocycles. The molecule has 0 radical (unpaired) electrons. The number of rotatable bonds is 7. The highest BCUT2D eigenvalue weighted by atomic mass is 16.5. The van der Waals surface area contributed by atoms with E-state index in [1.165, 1.54) is 32.1 Å². The van der Waals surface area contributed by atoms with Crippen molar-refractivity contribution in [3.8, 4) is 11.5 Å². The molecule has 5 rings (SSSR count). The van der Waals surface area contributed by atoms with Gasteiger partial charge in [0.15, 0.2) is 18.1 Å². The molecule has 142 valence electrons. The summed E-state index contributed by atoms with van der Waals surface area (Å²) in [6.45, 7) is 0.577. The number of amides is 1. The van der Waals surface area contributed by atoms with E-state index in [1.54, 1.807) is 13.2 Å². The van der Waals surface area contributed by atoms with Crippen molar-refractivity contribution in [1.82, 2.24) is 5.32 Å². The second-order valence-corrected chi connectivity index (χ2v) is 8.18. The minimum atomic E-state index is -0.187. The highest BCUT2D eigenvalue weighted by Gasteiger charge is 2.57. The van der Waals surface area contributed by atoms with Crippen molar-refractivity contribution in [3.05, 3.63) is 24.3 Å². The van der Waals surface area contributed by atoms with Gasteiger partial charge in [0.2, 0.25) is 0 Å². The molecule has 0 aliphatic heterocycles. The van der Waals surface area contributed by atoms with Gasteiger partial charge in [-0.1, -0.05) is 12.1 Å². The molecular formula is C21H29NO4. The van der Waals surface area contributed by atoms with Gasteiger partial charge in [-0.15, -0.1) is 0 Å². The van der Waals surface area contributed by atoms with Crippen molar-refractivity contribution in [2.45, 2.75) is 37.7 Å². The van der Waals surface area contributed by atoms with Crippen LogP contribution < -0.4 is 14.8 Å². The second kappa shape index (κ2) is 7.10. The van der Waals surface area contributed by atoms with Gasteiger partial charge < -0.3 is 19.5 Å². The fourth-order valence-electron chi connectivity index (χ4n) is 5.85. The van der Waals surface area contributed by atoms with E-state index in [9.17, 15) is 4.79 Å². The molecule has 4 aliphatic rings. The summed E-state index contributed by atoms with van der Waals surface area (Å²) < 4.78 is 17.0. The maximum atomic E-state index is 12.4. The van der Waals surface area contributed by atoms with Gasteiger partial charge in [0.1, 0.15) is 0 Å². The topological polar surface area (TPSA) is 56.8 Å². The van der Waals surface area contributed by atoms with Crippen LogP contribution in [-0.2, 0) is 9.53 Å². The minimum Gasteiger partial charge on any atom is -0.493 e. The molecule has 0 unspecified atom stereocenters. The molecular weight excluding hydrogens is 330 g/mol. The van der Waals surface area contributed by atoms with E-state index in [1.807, 2.05) is 25.3 Å². The number of hydrogen-bond donors (Lipinski definition) is 1. The van der Waals surface area contributed by atoms with E-state index in [0.717, 1.165) is 11.8 Å². The van der Waals surface area contributed by atoms with E-state index < -0.39 is 0 Å². The Labute approximate surface area is 155 Å². The minimum absolute atomic E-state index is 0.0131. The highest BCUT2D eigenvalue weighted by Crippen LogP contribution is 2.59. The maximum Gasteiger partial charge on any atom is 0.258 e. The number of nitrogens with one attached hydrogen (secondary N) is 1. The van der Waals surface area contributed by atoms with E-state index in [4.69, 9.17) is 14.2 Å². The fourth-order valence-corrected chi connectivity index (χ4v) is 5.85. The fraction of sp³-hybridized carbons (Fsp3) is 0.667. The molecule has 0 spiro atoms. The molecule has 1 N–H and O–H groups in total. The monoisotopic (exact) mass is 359 g/mol. The van der Waals surface area contributed by atoms with Crippen LogP contribution in [0.2, 0.25) is 0 Å². The standard InChI is InChI=1S/C21H29NO4/c1-24-18-5-3-4-6-19(18)26-12-20(23)22-13-21(25-2)16-8-14-7-15(10-16)11-17(21)9-14/h3-6,14-17H,7-13H2,1-2H3,(H,22,23). The maximum absolute atomic E-state index is 12.4. The van der Waals surface area contributed by atoms with Gasteiger partial charge in [-0.2, -0.15) is 0 Å². The van der Waals surface area contributed by atoms with Crippen molar-refractivity contribution in [2.75, 3.05) is 27.4 Å². The predicted molar refractivity (Wildman–Crippen MR) is 98.3 cm³/mol. The van der Waals surface area contributed by atoms with Gasteiger partial charge in [0.25, 0.3) is 5.91 Å².